The van der Waals surface area contributed by atoms with Gasteiger partial charge in [-0.2, -0.15) is 18.4 Å². The first-order valence-corrected chi connectivity index (χ1v) is 8.50. The van der Waals surface area contributed by atoms with Crippen molar-refractivity contribution in [2.24, 2.45) is 0 Å². The summed E-state index contributed by atoms with van der Waals surface area (Å²) in [5.41, 5.74) is -0.868. The van der Waals surface area contributed by atoms with Crippen molar-refractivity contribution in [2.75, 3.05) is 11.5 Å². The van der Waals surface area contributed by atoms with E-state index in [-0.39, 0.29) is 15.7 Å². The lowest BCUT2D eigenvalue weighted by molar-refractivity contribution is -0.139. The van der Waals surface area contributed by atoms with Crippen molar-refractivity contribution in [3.63, 3.8) is 0 Å². The molecular formula is C16H11ClF3N3OS2. The maximum atomic E-state index is 13.5. The highest BCUT2D eigenvalue weighted by Gasteiger charge is 2.34. The Morgan fingerprint density at radius 1 is 1.27 bits per heavy atom. The zero-order valence-corrected chi connectivity index (χ0v) is 15.6. The van der Waals surface area contributed by atoms with Crippen LogP contribution in [0.4, 0.5) is 18.9 Å². The number of methoxy groups -OCH3 is 1. The number of ether oxygens (including phenoxy) is 1. The Hall–Kier alpha value is -2.15. The number of thiocarbonyl (C=S) groups is 1. The second kappa shape index (κ2) is 8.49. The number of nitrogens with zero attached hydrogens (tertiary/aromatic N) is 2. The number of hydrogen-bond donors (Lipinski definition) is 1. The van der Waals surface area contributed by atoms with Gasteiger partial charge in [-0.05, 0) is 54.7 Å². The van der Waals surface area contributed by atoms with Gasteiger partial charge in [-0.3, -0.25) is 5.32 Å². The van der Waals surface area contributed by atoms with Crippen LogP contribution in [-0.4, -0.2) is 12.2 Å². The molecule has 136 valence electrons. The molecule has 0 aliphatic rings. The average molecular weight is 418 g/mol. The predicted molar refractivity (Wildman–Crippen MR) is 98.2 cm³/mol. The summed E-state index contributed by atoms with van der Waals surface area (Å²) in [6, 6.07) is 10.2. The van der Waals surface area contributed by atoms with Gasteiger partial charge in [0, 0.05) is 21.6 Å². The van der Waals surface area contributed by atoms with Crippen LogP contribution in [0.1, 0.15) is 5.56 Å². The van der Waals surface area contributed by atoms with Crippen LogP contribution in [0.5, 0.6) is 5.75 Å². The Bertz CT molecular complexity index is 838. The Balaban J connectivity index is 2.37. The second-order valence-electron chi connectivity index (χ2n) is 4.78. The number of halogens is 4. The minimum absolute atomic E-state index is 0.00850. The van der Waals surface area contributed by atoms with Crippen LogP contribution in [0.3, 0.4) is 0 Å². The molecule has 0 amide bonds. The van der Waals surface area contributed by atoms with Crippen molar-refractivity contribution in [2.45, 2.75) is 16.0 Å². The number of rotatable bonds is 4. The molecule has 26 heavy (non-hydrogen) atoms. The summed E-state index contributed by atoms with van der Waals surface area (Å²) in [5.74, 6) is 0.608. The third-order valence-corrected chi connectivity index (χ3v) is 4.96. The Morgan fingerprint density at radius 3 is 2.46 bits per heavy atom. The monoisotopic (exact) mass is 417 g/mol. The van der Waals surface area contributed by atoms with Crippen molar-refractivity contribution in [3.8, 4) is 11.9 Å². The van der Waals surface area contributed by atoms with Crippen molar-refractivity contribution in [3.05, 3.63) is 48.0 Å². The molecule has 0 aromatic heterocycles. The lowest BCUT2D eigenvalue weighted by Gasteiger charge is -2.19. The summed E-state index contributed by atoms with van der Waals surface area (Å²) in [6.45, 7) is 0. The molecule has 0 unspecified atom stereocenters. The van der Waals surface area contributed by atoms with Gasteiger partial charge in [-0.25, -0.2) is 4.42 Å². The van der Waals surface area contributed by atoms with E-state index in [0.29, 0.717) is 10.6 Å². The first kappa shape index (κ1) is 20.2. The van der Waals surface area contributed by atoms with Crippen LogP contribution in [0.25, 0.3) is 0 Å². The molecule has 1 N–H and O–H groups in total. The topological polar surface area (TPSA) is 48.3 Å². The maximum absolute atomic E-state index is 13.5. The van der Waals surface area contributed by atoms with E-state index >= 15 is 0 Å². The summed E-state index contributed by atoms with van der Waals surface area (Å²) in [7, 11) is 1.51. The van der Waals surface area contributed by atoms with Gasteiger partial charge < -0.3 is 4.74 Å². The molecule has 2 aromatic carbocycles. The zero-order valence-electron chi connectivity index (χ0n) is 13.2. The van der Waals surface area contributed by atoms with Crippen molar-refractivity contribution >= 4 is 46.6 Å². The van der Waals surface area contributed by atoms with Crippen LogP contribution in [0, 0.1) is 11.5 Å². The van der Waals surface area contributed by atoms with Gasteiger partial charge in [0.15, 0.2) is 6.19 Å². The molecule has 0 atom stereocenters. The summed E-state index contributed by atoms with van der Waals surface area (Å²) in [6.07, 6.45) is -3.03. The fourth-order valence-electron chi connectivity index (χ4n) is 1.94. The molecule has 0 saturated heterocycles. The molecule has 4 nitrogen and oxygen atoms in total. The highest BCUT2D eigenvalue weighted by Crippen LogP contribution is 2.41. The van der Waals surface area contributed by atoms with Crippen LogP contribution in [0.15, 0.2) is 52.3 Å². The third kappa shape index (κ3) is 4.94. The third-order valence-electron chi connectivity index (χ3n) is 3.12. The van der Waals surface area contributed by atoms with E-state index in [1.54, 1.807) is 30.5 Å². The van der Waals surface area contributed by atoms with Gasteiger partial charge in [0.1, 0.15) is 5.75 Å². The number of hydrogen-bond acceptors (Lipinski definition) is 4. The number of alkyl halides is 3. The van der Waals surface area contributed by atoms with Gasteiger partial charge in [-0.1, -0.05) is 11.8 Å². The molecule has 0 radical (unpaired) electrons. The van der Waals surface area contributed by atoms with E-state index < -0.39 is 11.7 Å². The molecule has 0 bridgehead atoms. The summed E-state index contributed by atoms with van der Waals surface area (Å²) in [5, 5.41) is 10.4. The van der Waals surface area contributed by atoms with Crippen molar-refractivity contribution in [1.29, 1.82) is 5.26 Å². The van der Waals surface area contributed by atoms with Gasteiger partial charge >= 0.3 is 6.18 Å². The summed E-state index contributed by atoms with van der Waals surface area (Å²) in [4.78, 5) is 0.629. The highest BCUT2D eigenvalue weighted by molar-refractivity contribution is 7.99. The smallest absolute Gasteiger partial charge is 0.417 e. The number of nitrogens with one attached hydrogen (secondary N) is 1. The molecule has 0 heterocycles. The predicted octanol–water partition coefficient (Wildman–Crippen LogP) is 5.18. The fraction of sp³-hybridized carbons (Fsp3) is 0.125. The second-order valence-corrected chi connectivity index (χ2v) is 6.62. The fourth-order valence-corrected chi connectivity index (χ4v) is 3.18. The van der Waals surface area contributed by atoms with E-state index in [9.17, 15) is 13.2 Å². The standard InChI is InChI=1S/C16H11ClF3N3OS2/c1-24-11-3-5-12(6-4-11)26-14-7-2-10(8-13(14)16(18,19)20)23(17)15(25)22-9-21/h2-8H,1H3,(H,22,25). The zero-order chi connectivity index (χ0) is 19.3. The first-order valence-electron chi connectivity index (χ1n) is 6.94. The van der Waals surface area contributed by atoms with Gasteiger partial charge in [0.2, 0.25) is 5.11 Å². The molecule has 0 saturated carbocycles. The first-order chi connectivity index (χ1) is 12.3. The Labute approximate surface area is 162 Å². The van der Waals surface area contributed by atoms with Crippen LogP contribution >= 0.6 is 35.8 Å². The molecule has 0 aliphatic carbocycles. The minimum atomic E-state index is -4.59. The largest absolute Gasteiger partial charge is 0.497 e. The SMILES string of the molecule is COc1ccc(Sc2ccc(N(Cl)C(=S)NC#N)cc2C(F)(F)F)cc1. The van der Waals surface area contributed by atoms with Crippen LogP contribution < -0.4 is 14.5 Å². The molecule has 2 rings (SSSR count). The summed E-state index contributed by atoms with van der Waals surface area (Å²) >= 11 is 11.7. The van der Waals surface area contributed by atoms with Crippen molar-refractivity contribution in [1.82, 2.24) is 5.32 Å². The van der Waals surface area contributed by atoms with Gasteiger partial charge in [-0.15, -0.1) is 0 Å². The van der Waals surface area contributed by atoms with Crippen molar-refractivity contribution < 1.29 is 17.9 Å². The molecule has 0 fully saturated rings. The van der Waals surface area contributed by atoms with Gasteiger partial charge in [0.25, 0.3) is 0 Å². The lowest BCUT2D eigenvalue weighted by atomic mass is 10.2. The van der Waals surface area contributed by atoms with E-state index in [4.69, 9.17) is 34.0 Å². The molecule has 2 aromatic rings. The Kier molecular flexibility index (Phi) is 6.58. The normalized spacial score (nSPS) is 10.8. The molecule has 0 aliphatic heterocycles. The Morgan fingerprint density at radius 2 is 1.92 bits per heavy atom. The minimum Gasteiger partial charge on any atom is -0.497 e. The highest BCUT2D eigenvalue weighted by atomic mass is 35.5. The number of anilines is 1. The van der Waals surface area contributed by atoms with E-state index in [0.717, 1.165) is 22.2 Å². The lowest BCUT2D eigenvalue weighted by Crippen LogP contribution is -2.30. The quantitative estimate of drug-likeness (QED) is 0.320. The van der Waals surface area contributed by atoms with Crippen LogP contribution in [0.2, 0.25) is 0 Å². The number of benzene rings is 2. The molecule has 0 spiro atoms. The van der Waals surface area contributed by atoms with Gasteiger partial charge in [0.05, 0.1) is 18.4 Å². The maximum Gasteiger partial charge on any atom is 0.417 e. The van der Waals surface area contributed by atoms with E-state index in [2.05, 4.69) is 5.32 Å². The average Bonchev–Trinajstić information content (AvgIpc) is 2.61. The van der Waals surface area contributed by atoms with E-state index in [1.807, 2.05) is 0 Å². The van der Waals surface area contributed by atoms with E-state index in [1.165, 1.54) is 19.2 Å². The molecule has 10 heteroatoms. The van der Waals surface area contributed by atoms with Crippen LogP contribution in [-0.2, 0) is 6.18 Å². The number of nitriles is 1. The summed E-state index contributed by atoms with van der Waals surface area (Å²) < 4.78 is 46.2. The molecular weight excluding hydrogens is 407 g/mol.